The van der Waals surface area contributed by atoms with Crippen LogP contribution in [0.1, 0.15) is 31.7 Å². The molecule has 0 spiro atoms. The van der Waals surface area contributed by atoms with Gasteiger partial charge in [0, 0.05) is 11.6 Å². The van der Waals surface area contributed by atoms with Crippen molar-refractivity contribution in [2.75, 3.05) is 13.7 Å². The Kier molecular flexibility index (Phi) is 6.28. The van der Waals surface area contributed by atoms with Gasteiger partial charge in [0.25, 0.3) is 0 Å². The van der Waals surface area contributed by atoms with E-state index in [-0.39, 0.29) is 17.2 Å². The third-order valence-corrected chi connectivity index (χ3v) is 2.68. The Labute approximate surface area is 117 Å². The highest BCUT2D eigenvalue weighted by atomic mass is 16.6. The van der Waals surface area contributed by atoms with Crippen molar-refractivity contribution in [2.24, 2.45) is 5.16 Å². The van der Waals surface area contributed by atoms with Crippen molar-refractivity contribution in [3.05, 3.63) is 27.8 Å². The second-order valence-electron chi connectivity index (χ2n) is 4.13. The van der Waals surface area contributed by atoms with Crippen LogP contribution in [0.15, 0.2) is 17.3 Å². The van der Waals surface area contributed by atoms with Gasteiger partial charge in [-0.15, -0.1) is 0 Å². The lowest BCUT2D eigenvalue weighted by Gasteiger charge is -2.11. The van der Waals surface area contributed by atoms with Gasteiger partial charge in [0.05, 0.1) is 24.9 Å². The van der Waals surface area contributed by atoms with Crippen molar-refractivity contribution in [1.82, 2.24) is 0 Å². The fourth-order valence-corrected chi connectivity index (χ4v) is 1.71. The highest BCUT2D eigenvalue weighted by molar-refractivity contribution is 5.82. The molecular formula is C13H18N2O5. The molecule has 7 heteroatoms. The smallest absolute Gasteiger partial charge is 0.315 e. The first-order valence-electron chi connectivity index (χ1n) is 6.30. The summed E-state index contributed by atoms with van der Waals surface area (Å²) in [5, 5.41) is 22.5. The van der Waals surface area contributed by atoms with Crippen LogP contribution in [0.25, 0.3) is 0 Å². The van der Waals surface area contributed by atoms with Crippen molar-refractivity contribution >= 4 is 11.9 Å². The Morgan fingerprint density at radius 3 is 2.75 bits per heavy atom. The molecule has 0 fully saturated rings. The summed E-state index contributed by atoms with van der Waals surface area (Å²) in [4.78, 5) is 10.5. The van der Waals surface area contributed by atoms with Crippen LogP contribution in [0.5, 0.6) is 11.5 Å². The van der Waals surface area contributed by atoms with Gasteiger partial charge in [0.15, 0.2) is 5.75 Å². The summed E-state index contributed by atoms with van der Waals surface area (Å²) in [6.45, 7) is 2.45. The monoisotopic (exact) mass is 282 g/mol. The van der Waals surface area contributed by atoms with Gasteiger partial charge in [-0.3, -0.25) is 10.1 Å². The normalized spacial score (nSPS) is 10.7. The van der Waals surface area contributed by atoms with E-state index in [1.165, 1.54) is 19.2 Å². The van der Waals surface area contributed by atoms with Crippen molar-refractivity contribution < 1.29 is 19.6 Å². The van der Waals surface area contributed by atoms with Crippen molar-refractivity contribution in [2.45, 2.75) is 26.2 Å². The topological polar surface area (TPSA) is 94.2 Å². The lowest BCUT2D eigenvalue weighted by atomic mass is 10.2. The van der Waals surface area contributed by atoms with Crippen LogP contribution in [-0.4, -0.2) is 30.1 Å². The van der Waals surface area contributed by atoms with E-state index in [0.29, 0.717) is 12.2 Å². The molecule has 1 rings (SSSR count). The van der Waals surface area contributed by atoms with Gasteiger partial charge in [0.1, 0.15) is 0 Å². The number of methoxy groups -OCH3 is 1. The van der Waals surface area contributed by atoms with E-state index in [1.54, 1.807) is 0 Å². The van der Waals surface area contributed by atoms with E-state index in [0.717, 1.165) is 25.5 Å². The number of hydrogen-bond donors (Lipinski definition) is 1. The maximum absolute atomic E-state index is 11.1. The number of oxime groups is 1. The SMILES string of the molecule is CCCCCOc1c(OC)cc(/C=N\O)cc1[N+](=O)[O-]. The van der Waals surface area contributed by atoms with Crippen LogP contribution < -0.4 is 9.47 Å². The fourth-order valence-electron chi connectivity index (χ4n) is 1.71. The molecule has 0 saturated heterocycles. The maximum atomic E-state index is 11.1. The molecule has 0 aromatic heterocycles. The van der Waals surface area contributed by atoms with Gasteiger partial charge in [-0.2, -0.15) is 0 Å². The Balaban J connectivity index is 3.08. The van der Waals surface area contributed by atoms with Crippen molar-refractivity contribution in [3.8, 4) is 11.5 Å². The van der Waals surface area contributed by atoms with Crippen molar-refractivity contribution in [1.29, 1.82) is 0 Å². The van der Waals surface area contributed by atoms with Crippen LogP contribution in [0.2, 0.25) is 0 Å². The number of nitrogens with zero attached hydrogens (tertiary/aromatic N) is 2. The molecule has 1 aromatic carbocycles. The van der Waals surface area contributed by atoms with Gasteiger partial charge >= 0.3 is 5.69 Å². The summed E-state index contributed by atoms with van der Waals surface area (Å²) in [5.41, 5.74) is 0.146. The first kappa shape index (κ1) is 15.7. The molecule has 0 saturated carbocycles. The Bertz CT molecular complexity index is 488. The third-order valence-electron chi connectivity index (χ3n) is 2.68. The van der Waals surface area contributed by atoms with Gasteiger partial charge in [-0.1, -0.05) is 24.9 Å². The summed E-state index contributed by atoms with van der Waals surface area (Å²) in [6.07, 6.45) is 3.94. The van der Waals surface area contributed by atoms with Gasteiger partial charge in [-0.05, 0) is 12.5 Å². The van der Waals surface area contributed by atoms with Gasteiger partial charge < -0.3 is 14.7 Å². The average Bonchev–Trinajstić information content (AvgIpc) is 2.44. The van der Waals surface area contributed by atoms with E-state index in [9.17, 15) is 10.1 Å². The zero-order chi connectivity index (χ0) is 15.0. The second kappa shape index (κ2) is 7.98. The number of ether oxygens (including phenoxy) is 2. The molecule has 0 aliphatic carbocycles. The zero-order valence-electron chi connectivity index (χ0n) is 11.5. The van der Waals surface area contributed by atoms with Gasteiger partial charge in [-0.25, -0.2) is 0 Å². The number of unbranched alkanes of at least 4 members (excludes halogenated alkanes) is 2. The molecule has 0 aliphatic rings. The first-order chi connectivity index (χ1) is 9.63. The van der Waals surface area contributed by atoms with Crippen LogP contribution >= 0.6 is 0 Å². The third kappa shape index (κ3) is 4.11. The van der Waals surface area contributed by atoms with Crippen molar-refractivity contribution in [3.63, 3.8) is 0 Å². The van der Waals surface area contributed by atoms with E-state index >= 15 is 0 Å². The maximum Gasteiger partial charge on any atom is 0.315 e. The molecule has 1 aromatic rings. The minimum Gasteiger partial charge on any atom is -0.493 e. The largest absolute Gasteiger partial charge is 0.493 e. The summed E-state index contributed by atoms with van der Waals surface area (Å²) in [7, 11) is 1.40. The predicted octanol–water partition coefficient (Wildman–Crippen LogP) is 2.98. The fraction of sp³-hybridized carbons (Fsp3) is 0.462. The van der Waals surface area contributed by atoms with E-state index in [1.807, 2.05) is 0 Å². The molecule has 0 amide bonds. The molecular weight excluding hydrogens is 264 g/mol. The van der Waals surface area contributed by atoms with Crippen LogP contribution in [0, 0.1) is 10.1 Å². The van der Waals surface area contributed by atoms with E-state index in [2.05, 4.69) is 12.1 Å². The van der Waals surface area contributed by atoms with Crippen LogP contribution in [0.4, 0.5) is 5.69 Å². The van der Waals surface area contributed by atoms with Gasteiger partial charge in [0.2, 0.25) is 5.75 Å². The molecule has 110 valence electrons. The molecule has 0 heterocycles. The van der Waals surface area contributed by atoms with Crippen LogP contribution in [0.3, 0.4) is 0 Å². The lowest BCUT2D eigenvalue weighted by molar-refractivity contribution is -0.386. The minimum atomic E-state index is -0.549. The number of nitro benzene ring substituents is 1. The highest BCUT2D eigenvalue weighted by Crippen LogP contribution is 2.38. The number of benzene rings is 1. The van der Waals surface area contributed by atoms with E-state index < -0.39 is 4.92 Å². The van der Waals surface area contributed by atoms with Crippen LogP contribution in [-0.2, 0) is 0 Å². The molecule has 0 unspecified atom stereocenters. The zero-order valence-corrected chi connectivity index (χ0v) is 11.5. The number of rotatable bonds is 8. The van der Waals surface area contributed by atoms with E-state index in [4.69, 9.17) is 14.7 Å². The quantitative estimate of drug-likeness (QED) is 0.260. The molecule has 0 atom stereocenters. The second-order valence-corrected chi connectivity index (χ2v) is 4.13. The lowest BCUT2D eigenvalue weighted by Crippen LogP contribution is -2.03. The standard InChI is InChI=1S/C13H18N2O5/c1-3-4-5-6-20-13-11(15(17)18)7-10(9-14-16)8-12(13)19-2/h7-9,16H,3-6H2,1-2H3/b14-9-. The first-order valence-corrected chi connectivity index (χ1v) is 6.30. The molecule has 20 heavy (non-hydrogen) atoms. The summed E-state index contributed by atoms with van der Waals surface area (Å²) in [5.74, 6) is 0.342. The molecule has 0 bridgehead atoms. The number of nitro groups is 1. The summed E-state index contributed by atoms with van der Waals surface area (Å²) < 4.78 is 10.6. The molecule has 0 radical (unpaired) electrons. The summed E-state index contributed by atoms with van der Waals surface area (Å²) >= 11 is 0. The summed E-state index contributed by atoms with van der Waals surface area (Å²) in [6, 6.07) is 2.79. The Morgan fingerprint density at radius 1 is 1.45 bits per heavy atom. The predicted molar refractivity (Wildman–Crippen MR) is 74.0 cm³/mol. The average molecular weight is 282 g/mol. The Hall–Kier alpha value is -2.31. The molecule has 1 N–H and O–H groups in total. The molecule has 0 aliphatic heterocycles. The Morgan fingerprint density at radius 2 is 2.20 bits per heavy atom. The minimum absolute atomic E-state index is 0.101. The number of hydrogen-bond acceptors (Lipinski definition) is 6. The molecule has 7 nitrogen and oxygen atoms in total. The highest BCUT2D eigenvalue weighted by Gasteiger charge is 2.21.